The van der Waals surface area contributed by atoms with Gasteiger partial charge in [0, 0.05) is 32.2 Å². The van der Waals surface area contributed by atoms with E-state index in [4.69, 9.17) is 14.2 Å². The highest BCUT2D eigenvalue weighted by molar-refractivity contribution is 7.92. The molecule has 1 saturated heterocycles. The van der Waals surface area contributed by atoms with Crippen molar-refractivity contribution in [3.05, 3.63) is 48.0 Å². The van der Waals surface area contributed by atoms with E-state index in [-0.39, 0.29) is 37.3 Å². The quantitative estimate of drug-likeness (QED) is 0.496. The second kappa shape index (κ2) is 11.6. The van der Waals surface area contributed by atoms with Crippen LogP contribution in [0.1, 0.15) is 36.0 Å². The third-order valence-corrected chi connectivity index (χ3v) is 7.13. The Labute approximate surface area is 211 Å². The number of fused-ring (bicyclic) bond motifs is 1. The minimum atomic E-state index is -3.59. The molecule has 0 radical (unpaired) electrons. The van der Waals surface area contributed by atoms with E-state index in [9.17, 15) is 18.0 Å². The van der Waals surface area contributed by atoms with Crippen LogP contribution in [-0.2, 0) is 19.6 Å². The van der Waals surface area contributed by atoms with Gasteiger partial charge < -0.3 is 24.8 Å². The second-order valence-corrected chi connectivity index (χ2v) is 10.6. The monoisotopic (exact) mass is 517 g/mol. The van der Waals surface area contributed by atoms with Gasteiger partial charge in [0.05, 0.1) is 29.3 Å². The molecule has 1 atom stereocenters. The molecule has 4 rings (SSSR count). The third-order valence-electron chi connectivity index (χ3n) is 5.94. The predicted molar refractivity (Wildman–Crippen MR) is 135 cm³/mol. The number of benzene rings is 2. The zero-order valence-corrected chi connectivity index (χ0v) is 21.0. The first-order valence-corrected chi connectivity index (χ1v) is 13.8. The number of ether oxygens (including phenoxy) is 3. The van der Waals surface area contributed by atoms with Crippen LogP contribution in [0.4, 0.5) is 11.4 Å². The number of amides is 2. The lowest BCUT2D eigenvalue weighted by atomic mass is 10.1. The number of anilines is 2. The van der Waals surface area contributed by atoms with Gasteiger partial charge in [-0.1, -0.05) is 12.1 Å². The number of para-hydroxylation sites is 1. The molecule has 2 aromatic rings. The van der Waals surface area contributed by atoms with Crippen LogP contribution in [-0.4, -0.2) is 65.5 Å². The first kappa shape index (κ1) is 25.8. The standard InChI is InChI=1S/C25H31N3O7S/c1-36(31,32)28(18-10-11-22-23(16-18)35-15-14-34-22)12-4-9-24(29)27-21-8-3-2-7-20(21)25(30)26-17-19-6-5-13-33-19/h2-3,7-8,10-11,16,19H,4-6,9,12-15,17H2,1H3,(H,26,30)(H,27,29)/t19-/m0/s1. The molecule has 1 fully saturated rings. The number of hydrogen-bond donors (Lipinski definition) is 2. The van der Waals surface area contributed by atoms with E-state index in [0.29, 0.717) is 54.8 Å². The summed E-state index contributed by atoms with van der Waals surface area (Å²) >= 11 is 0. The van der Waals surface area contributed by atoms with E-state index in [1.165, 1.54) is 4.31 Å². The summed E-state index contributed by atoms with van der Waals surface area (Å²) < 4.78 is 42.7. The van der Waals surface area contributed by atoms with E-state index in [1.54, 1.807) is 42.5 Å². The van der Waals surface area contributed by atoms with Crippen molar-refractivity contribution in [2.75, 3.05) is 48.8 Å². The van der Waals surface area contributed by atoms with Crippen molar-refractivity contribution in [3.8, 4) is 11.5 Å². The Morgan fingerprint density at radius 3 is 2.58 bits per heavy atom. The van der Waals surface area contributed by atoms with Crippen LogP contribution in [0.25, 0.3) is 0 Å². The molecule has 10 nitrogen and oxygen atoms in total. The largest absolute Gasteiger partial charge is 0.486 e. The smallest absolute Gasteiger partial charge is 0.253 e. The van der Waals surface area contributed by atoms with Gasteiger partial charge in [-0.25, -0.2) is 8.42 Å². The fraction of sp³-hybridized carbons (Fsp3) is 0.440. The summed E-state index contributed by atoms with van der Waals surface area (Å²) in [6.07, 6.45) is 3.38. The van der Waals surface area contributed by atoms with Gasteiger partial charge in [-0.2, -0.15) is 0 Å². The van der Waals surface area contributed by atoms with Crippen molar-refractivity contribution >= 4 is 33.2 Å². The average molecular weight is 518 g/mol. The summed E-state index contributed by atoms with van der Waals surface area (Å²) in [6, 6.07) is 11.7. The fourth-order valence-corrected chi connectivity index (χ4v) is 5.12. The number of carbonyl (C=O) groups is 2. The highest BCUT2D eigenvalue weighted by Gasteiger charge is 2.22. The molecule has 0 saturated carbocycles. The van der Waals surface area contributed by atoms with Gasteiger partial charge in [0.25, 0.3) is 5.91 Å². The van der Waals surface area contributed by atoms with Gasteiger partial charge in [-0.3, -0.25) is 13.9 Å². The number of rotatable bonds is 10. The van der Waals surface area contributed by atoms with Crippen LogP contribution in [0.2, 0.25) is 0 Å². The highest BCUT2D eigenvalue weighted by atomic mass is 32.2. The zero-order chi connectivity index (χ0) is 25.5. The van der Waals surface area contributed by atoms with Crippen molar-refractivity contribution < 1.29 is 32.2 Å². The molecule has 2 heterocycles. The predicted octanol–water partition coefficient (Wildman–Crippen LogP) is 2.55. The molecule has 0 aromatic heterocycles. The van der Waals surface area contributed by atoms with E-state index >= 15 is 0 Å². The molecule has 0 aliphatic carbocycles. The van der Waals surface area contributed by atoms with E-state index < -0.39 is 10.0 Å². The topological polar surface area (TPSA) is 123 Å². The van der Waals surface area contributed by atoms with Crippen LogP contribution in [0.5, 0.6) is 11.5 Å². The number of hydrogen-bond acceptors (Lipinski definition) is 7. The molecular weight excluding hydrogens is 486 g/mol. The third kappa shape index (κ3) is 6.67. The van der Waals surface area contributed by atoms with Crippen molar-refractivity contribution in [1.82, 2.24) is 5.32 Å². The summed E-state index contributed by atoms with van der Waals surface area (Å²) in [7, 11) is -3.59. The number of nitrogens with one attached hydrogen (secondary N) is 2. The molecule has 2 N–H and O–H groups in total. The summed E-state index contributed by atoms with van der Waals surface area (Å²) in [5.41, 5.74) is 1.20. The van der Waals surface area contributed by atoms with Crippen LogP contribution in [0.15, 0.2) is 42.5 Å². The Kier molecular flexibility index (Phi) is 8.32. The van der Waals surface area contributed by atoms with Gasteiger partial charge in [0.15, 0.2) is 11.5 Å². The molecule has 0 spiro atoms. The van der Waals surface area contributed by atoms with Crippen molar-refractivity contribution in [3.63, 3.8) is 0 Å². The van der Waals surface area contributed by atoms with Crippen LogP contribution < -0.4 is 24.4 Å². The Morgan fingerprint density at radius 1 is 1.06 bits per heavy atom. The Morgan fingerprint density at radius 2 is 1.83 bits per heavy atom. The van der Waals surface area contributed by atoms with Crippen LogP contribution >= 0.6 is 0 Å². The summed E-state index contributed by atoms with van der Waals surface area (Å²) in [4.78, 5) is 25.3. The van der Waals surface area contributed by atoms with Gasteiger partial charge in [-0.15, -0.1) is 0 Å². The van der Waals surface area contributed by atoms with Crippen molar-refractivity contribution in [2.45, 2.75) is 31.8 Å². The fourth-order valence-electron chi connectivity index (χ4n) is 4.17. The SMILES string of the molecule is CS(=O)(=O)N(CCCC(=O)Nc1ccccc1C(=O)NC[C@@H]1CCCO1)c1ccc2c(c1)OCCO2. The van der Waals surface area contributed by atoms with Crippen LogP contribution in [0.3, 0.4) is 0 Å². The number of nitrogens with zero attached hydrogens (tertiary/aromatic N) is 1. The first-order valence-electron chi connectivity index (χ1n) is 12.0. The highest BCUT2D eigenvalue weighted by Crippen LogP contribution is 2.34. The van der Waals surface area contributed by atoms with Gasteiger partial charge in [0.1, 0.15) is 13.2 Å². The molecule has 11 heteroatoms. The second-order valence-electron chi connectivity index (χ2n) is 8.71. The van der Waals surface area contributed by atoms with Gasteiger partial charge >= 0.3 is 0 Å². The maximum Gasteiger partial charge on any atom is 0.253 e. The molecule has 0 bridgehead atoms. The molecule has 2 aliphatic heterocycles. The normalized spacial score (nSPS) is 16.9. The van der Waals surface area contributed by atoms with E-state index in [0.717, 1.165) is 19.1 Å². The van der Waals surface area contributed by atoms with Crippen molar-refractivity contribution in [1.29, 1.82) is 0 Å². The zero-order valence-electron chi connectivity index (χ0n) is 20.2. The Hall–Kier alpha value is -3.31. The number of sulfonamides is 1. The number of carbonyl (C=O) groups excluding carboxylic acids is 2. The van der Waals surface area contributed by atoms with Gasteiger partial charge in [0.2, 0.25) is 15.9 Å². The Bertz CT molecular complexity index is 1200. The molecule has 36 heavy (non-hydrogen) atoms. The lowest BCUT2D eigenvalue weighted by molar-refractivity contribution is -0.116. The minimum absolute atomic E-state index is 0.0164. The maximum absolute atomic E-state index is 12.7. The lowest BCUT2D eigenvalue weighted by Crippen LogP contribution is -2.32. The molecular formula is C25H31N3O7S. The van der Waals surface area contributed by atoms with E-state index in [1.807, 2.05) is 0 Å². The first-order chi connectivity index (χ1) is 17.3. The summed E-state index contributed by atoms with van der Waals surface area (Å²) in [5, 5.41) is 5.64. The van der Waals surface area contributed by atoms with Crippen LogP contribution in [0, 0.1) is 0 Å². The molecule has 0 unspecified atom stereocenters. The lowest BCUT2D eigenvalue weighted by Gasteiger charge is -2.25. The molecule has 194 valence electrons. The minimum Gasteiger partial charge on any atom is -0.486 e. The van der Waals surface area contributed by atoms with E-state index in [2.05, 4.69) is 10.6 Å². The molecule has 2 aromatic carbocycles. The molecule has 2 aliphatic rings. The average Bonchev–Trinajstić information content (AvgIpc) is 3.38. The van der Waals surface area contributed by atoms with Crippen molar-refractivity contribution in [2.24, 2.45) is 0 Å². The van der Waals surface area contributed by atoms with Gasteiger partial charge in [-0.05, 0) is 43.5 Å². The summed E-state index contributed by atoms with van der Waals surface area (Å²) in [5.74, 6) is 0.448. The summed E-state index contributed by atoms with van der Waals surface area (Å²) in [6.45, 7) is 2.07. The molecule has 2 amide bonds. The maximum atomic E-state index is 12.7. The Balaban J connectivity index is 1.34.